The highest BCUT2D eigenvalue weighted by Crippen LogP contribution is 2.44. The smallest absolute Gasteiger partial charge is 0.350 e. The lowest BCUT2D eigenvalue weighted by atomic mass is 9.95. The van der Waals surface area contributed by atoms with E-state index >= 15 is 0 Å². The molecule has 0 aliphatic carbocycles. The van der Waals surface area contributed by atoms with E-state index in [1.807, 2.05) is 44.2 Å². The molecule has 47 heavy (non-hydrogen) atoms. The summed E-state index contributed by atoms with van der Waals surface area (Å²) in [5, 5.41) is 11.7. The number of unbranched alkanes of at least 4 members (excludes halogenated alkanes) is 1. The number of aliphatic hydroxyl groups is 1. The zero-order chi connectivity index (χ0) is 33.5. The molecule has 1 fully saturated rings. The van der Waals surface area contributed by atoms with E-state index in [0.29, 0.717) is 41.5 Å². The second-order valence-electron chi connectivity index (χ2n) is 11.6. The normalized spacial score (nSPS) is 15.7. The van der Waals surface area contributed by atoms with E-state index in [4.69, 9.17) is 14.2 Å². The maximum absolute atomic E-state index is 13.7. The number of aliphatic hydroxyl groups excluding tert-OH is 1. The Hall–Kier alpha value is -4.96. The number of rotatable bonds is 13. The molecule has 5 rings (SSSR count). The van der Waals surface area contributed by atoms with E-state index in [1.165, 1.54) is 4.90 Å². The number of carbonyl (C=O) groups is 3. The first kappa shape index (κ1) is 33.4. The first-order chi connectivity index (χ1) is 22.7. The lowest BCUT2D eigenvalue weighted by Gasteiger charge is -2.23. The van der Waals surface area contributed by atoms with Crippen LogP contribution in [-0.2, 0) is 20.9 Å². The molecule has 1 unspecified atom stereocenters. The van der Waals surface area contributed by atoms with Crippen molar-refractivity contribution in [1.82, 2.24) is 4.98 Å². The van der Waals surface area contributed by atoms with Crippen molar-refractivity contribution >= 4 is 39.9 Å². The Morgan fingerprint density at radius 2 is 1.62 bits per heavy atom. The quantitative estimate of drug-likeness (QED) is 0.0514. The Kier molecular flexibility index (Phi) is 10.7. The summed E-state index contributed by atoms with van der Waals surface area (Å²) in [5.74, 6) is -1.24. The van der Waals surface area contributed by atoms with Gasteiger partial charge in [-0.1, -0.05) is 81.0 Å². The molecule has 1 saturated heterocycles. The monoisotopic (exact) mass is 654 g/mol. The van der Waals surface area contributed by atoms with Gasteiger partial charge in [0.15, 0.2) is 5.13 Å². The number of anilines is 1. The minimum Gasteiger partial charge on any atom is -0.507 e. The fourth-order valence-electron chi connectivity index (χ4n) is 5.01. The van der Waals surface area contributed by atoms with Crippen LogP contribution >= 0.6 is 11.3 Å². The van der Waals surface area contributed by atoms with Crippen LogP contribution in [0.15, 0.2) is 84.4 Å². The molecule has 0 radical (unpaired) electrons. The van der Waals surface area contributed by atoms with Crippen molar-refractivity contribution in [1.29, 1.82) is 0 Å². The van der Waals surface area contributed by atoms with Crippen LogP contribution < -0.4 is 14.4 Å². The molecular formula is C37H38N2O7S. The van der Waals surface area contributed by atoms with Crippen LogP contribution in [-0.4, -0.2) is 41.0 Å². The molecule has 0 bridgehead atoms. The number of carbonyl (C=O) groups excluding carboxylic acids is 3. The number of benzene rings is 3. The molecule has 9 nitrogen and oxygen atoms in total. The number of nitrogens with zero attached hydrogens (tertiary/aromatic N) is 2. The SMILES string of the molecule is CCCCOc1ccc(/C(O)=C2/C(=O)C(=O)N(c3nc(C)c(C(=O)OCC(C)C)s3)C2c2ccc(OCc3ccccc3)cc2)cc1. The minimum atomic E-state index is -1.02. The van der Waals surface area contributed by atoms with Crippen molar-refractivity contribution in [3.05, 3.63) is 112 Å². The Balaban J connectivity index is 1.52. The predicted molar refractivity (Wildman–Crippen MR) is 181 cm³/mol. The number of aryl methyl sites for hydroxylation is 1. The van der Waals surface area contributed by atoms with Gasteiger partial charge >= 0.3 is 11.9 Å². The summed E-state index contributed by atoms with van der Waals surface area (Å²) in [6.45, 7) is 8.76. The van der Waals surface area contributed by atoms with Crippen LogP contribution in [0.5, 0.6) is 11.5 Å². The highest BCUT2D eigenvalue weighted by atomic mass is 32.1. The zero-order valence-electron chi connectivity index (χ0n) is 26.9. The molecule has 1 N–H and O–H groups in total. The maximum Gasteiger partial charge on any atom is 0.350 e. The summed E-state index contributed by atoms with van der Waals surface area (Å²) in [6, 6.07) is 22.5. The van der Waals surface area contributed by atoms with Gasteiger partial charge in [0.1, 0.15) is 28.7 Å². The molecule has 1 aliphatic rings. The number of thiazole rings is 1. The Morgan fingerprint density at radius 3 is 2.28 bits per heavy atom. The summed E-state index contributed by atoms with van der Waals surface area (Å²) in [4.78, 5) is 46.3. The molecule has 2 heterocycles. The lowest BCUT2D eigenvalue weighted by Crippen LogP contribution is -2.29. The first-order valence-electron chi connectivity index (χ1n) is 15.6. The number of Topliss-reactive ketones (excluding diaryl/α,β-unsaturated/α-hetero) is 1. The van der Waals surface area contributed by atoms with Crippen molar-refractivity contribution in [2.24, 2.45) is 5.92 Å². The number of ketones is 1. The average molecular weight is 655 g/mol. The van der Waals surface area contributed by atoms with E-state index in [-0.39, 0.29) is 33.9 Å². The zero-order valence-corrected chi connectivity index (χ0v) is 27.7. The molecular weight excluding hydrogens is 616 g/mol. The summed E-state index contributed by atoms with van der Waals surface area (Å²) < 4.78 is 17.1. The maximum atomic E-state index is 13.7. The van der Waals surface area contributed by atoms with Gasteiger partial charge in [-0.25, -0.2) is 9.78 Å². The number of amides is 1. The third-order valence-corrected chi connectivity index (χ3v) is 8.64. The molecule has 1 aliphatic heterocycles. The molecule has 244 valence electrons. The summed E-state index contributed by atoms with van der Waals surface area (Å²) in [5.41, 5.74) is 2.20. The number of esters is 1. The van der Waals surface area contributed by atoms with Crippen molar-refractivity contribution in [2.75, 3.05) is 18.1 Å². The van der Waals surface area contributed by atoms with Crippen molar-refractivity contribution in [3.8, 4) is 11.5 Å². The summed E-state index contributed by atoms with van der Waals surface area (Å²) in [7, 11) is 0. The van der Waals surface area contributed by atoms with Gasteiger partial charge in [0.05, 0.1) is 30.5 Å². The summed E-state index contributed by atoms with van der Waals surface area (Å²) in [6.07, 6.45) is 1.91. The van der Waals surface area contributed by atoms with Gasteiger partial charge in [-0.3, -0.25) is 14.5 Å². The standard InChI is InChI=1S/C37H38N2O7S/c1-5-6-20-44-28-18-14-27(15-19-28)32(40)30-31(26-12-16-29(17-13-26)45-22-25-10-8-7-9-11-25)39(35(42)33(30)41)37-38-24(4)34(47-37)36(43)46-21-23(2)3/h7-19,23,31,40H,5-6,20-22H2,1-4H3/b32-30-. The summed E-state index contributed by atoms with van der Waals surface area (Å²) >= 11 is 0.972. The van der Waals surface area contributed by atoms with Crippen LogP contribution in [0.4, 0.5) is 5.13 Å². The third kappa shape index (κ3) is 7.72. The second kappa shape index (κ2) is 15.1. The van der Waals surface area contributed by atoms with Gasteiger partial charge in [0.2, 0.25) is 0 Å². The molecule has 4 aromatic rings. The van der Waals surface area contributed by atoms with Gasteiger partial charge in [-0.2, -0.15) is 0 Å². The third-order valence-electron chi connectivity index (χ3n) is 7.51. The largest absolute Gasteiger partial charge is 0.507 e. The van der Waals surface area contributed by atoms with Gasteiger partial charge in [0.25, 0.3) is 5.78 Å². The average Bonchev–Trinajstić information content (AvgIpc) is 3.59. The predicted octanol–water partition coefficient (Wildman–Crippen LogP) is 7.65. The second-order valence-corrected chi connectivity index (χ2v) is 12.6. The molecule has 3 aromatic carbocycles. The lowest BCUT2D eigenvalue weighted by molar-refractivity contribution is -0.132. The van der Waals surface area contributed by atoms with Crippen molar-refractivity contribution < 1.29 is 33.7 Å². The van der Waals surface area contributed by atoms with Crippen molar-refractivity contribution in [3.63, 3.8) is 0 Å². The number of hydrogen-bond acceptors (Lipinski definition) is 9. The van der Waals surface area contributed by atoms with Crippen LogP contribution in [0.3, 0.4) is 0 Å². The Morgan fingerprint density at radius 1 is 0.957 bits per heavy atom. The molecule has 1 atom stereocenters. The minimum absolute atomic E-state index is 0.0932. The highest BCUT2D eigenvalue weighted by molar-refractivity contribution is 7.17. The van der Waals surface area contributed by atoms with Gasteiger partial charge in [-0.15, -0.1) is 0 Å². The van der Waals surface area contributed by atoms with E-state index in [2.05, 4.69) is 11.9 Å². The van der Waals surface area contributed by atoms with E-state index in [1.54, 1.807) is 55.5 Å². The van der Waals surface area contributed by atoms with Crippen LogP contribution in [0, 0.1) is 12.8 Å². The number of aromatic nitrogens is 1. The molecule has 0 spiro atoms. The fraction of sp³-hybridized carbons (Fsp3) is 0.297. The molecule has 1 amide bonds. The first-order valence-corrected chi connectivity index (χ1v) is 16.4. The van der Waals surface area contributed by atoms with E-state index in [9.17, 15) is 19.5 Å². The van der Waals surface area contributed by atoms with E-state index in [0.717, 1.165) is 29.7 Å². The molecule has 0 saturated carbocycles. The van der Waals surface area contributed by atoms with Gasteiger partial charge < -0.3 is 19.3 Å². The van der Waals surface area contributed by atoms with Crippen LogP contribution in [0.1, 0.15) is 71.7 Å². The Labute approximate surface area is 278 Å². The topological polar surface area (TPSA) is 115 Å². The van der Waals surface area contributed by atoms with Gasteiger partial charge in [0, 0.05) is 5.56 Å². The van der Waals surface area contributed by atoms with Crippen LogP contribution in [0.25, 0.3) is 5.76 Å². The van der Waals surface area contributed by atoms with Crippen molar-refractivity contribution in [2.45, 2.75) is 53.2 Å². The fourth-order valence-corrected chi connectivity index (χ4v) is 6.00. The Bertz CT molecular complexity index is 1750. The molecule has 10 heteroatoms. The van der Waals surface area contributed by atoms with Gasteiger partial charge in [-0.05, 0) is 66.8 Å². The van der Waals surface area contributed by atoms with E-state index < -0.39 is 23.7 Å². The highest BCUT2D eigenvalue weighted by Gasteiger charge is 2.48. The molecule has 1 aromatic heterocycles. The number of hydrogen-bond donors (Lipinski definition) is 1. The number of ether oxygens (including phenoxy) is 3. The van der Waals surface area contributed by atoms with Crippen LogP contribution in [0.2, 0.25) is 0 Å².